The van der Waals surface area contributed by atoms with Gasteiger partial charge in [-0.3, -0.25) is 4.79 Å². The maximum atomic E-state index is 12.4. The van der Waals surface area contributed by atoms with E-state index in [-0.39, 0.29) is 11.3 Å². The molecule has 0 saturated heterocycles. The number of nitriles is 1. The van der Waals surface area contributed by atoms with Crippen molar-refractivity contribution < 1.29 is 14.6 Å². The van der Waals surface area contributed by atoms with Gasteiger partial charge in [0.25, 0.3) is 5.91 Å². The molecule has 0 saturated carbocycles. The van der Waals surface area contributed by atoms with E-state index in [9.17, 15) is 15.2 Å². The van der Waals surface area contributed by atoms with Gasteiger partial charge in [0.05, 0.1) is 17.3 Å². The van der Waals surface area contributed by atoms with Crippen LogP contribution in [0.5, 0.6) is 11.5 Å². The number of carbonyl (C=O) groups excluding carboxylic acids is 1. The topological polar surface area (TPSA) is 82.3 Å². The first kappa shape index (κ1) is 19.0. The summed E-state index contributed by atoms with van der Waals surface area (Å²) in [6.45, 7) is 1.88. The summed E-state index contributed by atoms with van der Waals surface area (Å²) in [4.78, 5) is 12.4. The predicted octanol–water partition coefficient (Wildman–Crippen LogP) is 4.78. The van der Waals surface area contributed by atoms with Gasteiger partial charge in [0.15, 0.2) is 0 Å². The van der Waals surface area contributed by atoms with E-state index in [1.54, 1.807) is 24.3 Å². The van der Waals surface area contributed by atoms with Gasteiger partial charge in [0.1, 0.15) is 23.1 Å². The van der Waals surface area contributed by atoms with Crippen LogP contribution in [0.1, 0.15) is 11.1 Å². The number of benzene rings is 2. The molecule has 0 unspecified atom stereocenters. The Morgan fingerprint density at radius 3 is 2.68 bits per heavy atom. The lowest BCUT2D eigenvalue weighted by Gasteiger charge is -2.11. The zero-order chi connectivity index (χ0) is 18.6. The van der Waals surface area contributed by atoms with Gasteiger partial charge in [-0.2, -0.15) is 5.26 Å². The standard InChI is InChI=1S/C18H14Br2N2O3/c1-10-3-4-16(25-2)15(5-10)22-18(24)12(9-21)6-11-7-13(19)8-14(20)17(11)23/h3-8,23H,1-2H3,(H,22,24)/b12-6+. The zero-order valence-electron chi connectivity index (χ0n) is 13.4. The first-order valence-electron chi connectivity index (χ1n) is 7.11. The second kappa shape index (κ2) is 8.19. The maximum absolute atomic E-state index is 12.4. The van der Waals surface area contributed by atoms with E-state index in [1.807, 2.05) is 19.1 Å². The molecule has 0 spiro atoms. The SMILES string of the molecule is COc1ccc(C)cc1NC(=O)/C(C#N)=C/c1cc(Br)cc(Br)c1O. The highest BCUT2D eigenvalue weighted by molar-refractivity contribution is 9.11. The molecule has 2 N–H and O–H groups in total. The summed E-state index contributed by atoms with van der Waals surface area (Å²) >= 11 is 6.52. The van der Waals surface area contributed by atoms with Crippen molar-refractivity contribution in [2.24, 2.45) is 0 Å². The highest BCUT2D eigenvalue weighted by Gasteiger charge is 2.14. The van der Waals surface area contributed by atoms with Gasteiger partial charge < -0.3 is 15.2 Å². The van der Waals surface area contributed by atoms with Crippen molar-refractivity contribution in [3.63, 3.8) is 0 Å². The average molecular weight is 466 g/mol. The number of aromatic hydroxyl groups is 1. The summed E-state index contributed by atoms with van der Waals surface area (Å²) in [5, 5.41) is 22.1. The largest absolute Gasteiger partial charge is 0.506 e. The molecular formula is C18H14Br2N2O3. The molecule has 128 valence electrons. The molecule has 2 aromatic rings. The molecule has 0 aromatic heterocycles. The summed E-state index contributed by atoms with van der Waals surface area (Å²) in [5.74, 6) is -0.164. The Morgan fingerprint density at radius 1 is 1.32 bits per heavy atom. The van der Waals surface area contributed by atoms with E-state index in [1.165, 1.54) is 13.2 Å². The number of anilines is 1. The van der Waals surface area contributed by atoms with Crippen molar-refractivity contribution in [1.29, 1.82) is 5.26 Å². The molecule has 2 aromatic carbocycles. The number of hydrogen-bond acceptors (Lipinski definition) is 4. The van der Waals surface area contributed by atoms with Crippen molar-refractivity contribution in [3.8, 4) is 17.6 Å². The smallest absolute Gasteiger partial charge is 0.266 e. The number of aryl methyl sites for hydroxylation is 1. The molecule has 0 fully saturated rings. The molecule has 1 amide bonds. The van der Waals surface area contributed by atoms with Gasteiger partial charge in [-0.25, -0.2) is 0 Å². The minimum atomic E-state index is -0.595. The lowest BCUT2D eigenvalue weighted by Crippen LogP contribution is -2.14. The van der Waals surface area contributed by atoms with Crippen LogP contribution in [0, 0.1) is 18.3 Å². The Balaban J connectivity index is 2.37. The van der Waals surface area contributed by atoms with Crippen molar-refractivity contribution in [2.45, 2.75) is 6.92 Å². The molecule has 2 rings (SSSR count). The Labute approximate surface area is 162 Å². The Morgan fingerprint density at radius 2 is 2.04 bits per heavy atom. The third-order valence-corrected chi connectivity index (χ3v) is 4.39. The van der Waals surface area contributed by atoms with Crippen LogP contribution in [0.2, 0.25) is 0 Å². The number of ether oxygens (including phenoxy) is 1. The molecule has 0 bridgehead atoms. The Hall–Kier alpha value is -2.30. The van der Waals surface area contributed by atoms with Crippen LogP contribution in [-0.4, -0.2) is 18.1 Å². The molecule has 0 aliphatic heterocycles. The number of hydrogen-bond donors (Lipinski definition) is 2. The number of phenolic OH excluding ortho intramolecular Hbond substituents is 1. The predicted molar refractivity (Wildman–Crippen MR) is 103 cm³/mol. The highest BCUT2D eigenvalue weighted by atomic mass is 79.9. The number of rotatable bonds is 4. The number of phenols is 1. The van der Waals surface area contributed by atoms with Gasteiger partial charge in [-0.15, -0.1) is 0 Å². The number of nitrogens with zero attached hydrogens (tertiary/aromatic N) is 1. The van der Waals surface area contributed by atoms with Crippen LogP contribution < -0.4 is 10.1 Å². The fraction of sp³-hybridized carbons (Fsp3) is 0.111. The lowest BCUT2D eigenvalue weighted by molar-refractivity contribution is -0.112. The molecule has 7 heteroatoms. The van der Waals surface area contributed by atoms with Crippen LogP contribution in [-0.2, 0) is 4.79 Å². The molecule has 0 atom stereocenters. The summed E-state index contributed by atoms with van der Waals surface area (Å²) in [7, 11) is 1.50. The van der Waals surface area contributed by atoms with Crippen LogP contribution in [0.4, 0.5) is 5.69 Å². The highest BCUT2D eigenvalue weighted by Crippen LogP contribution is 2.33. The molecule has 0 heterocycles. The van der Waals surface area contributed by atoms with Gasteiger partial charge >= 0.3 is 0 Å². The maximum Gasteiger partial charge on any atom is 0.266 e. The number of halogens is 2. The van der Waals surface area contributed by atoms with E-state index < -0.39 is 5.91 Å². The average Bonchev–Trinajstić information content (AvgIpc) is 2.56. The summed E-state index contributed by atoms with van der Waals surface area (Å²) in [6.07, 6.45) is 1.32. The fourth-order valence-corrected chi connectivity index (χ4v) is 3.37. The van der Waals surface area contributed by atoms with Gasteiger partial charge in [-0.1, -0.05) is 22.0 Å². The lowest BCUT2D eigenvalue weighted by atomic mass is 10.1. The first-order valence-corrected chi connectivity index (χ1v) is 8.70. The van der Waals surface area contributed by atoms with E-state index in [0.717, 1.165) is 5.56 Å². The van der Waals surface area contributed by atoms with Gasteiger partial charge in [0, 0.05) is 10.0 Å². The molecule has 0 aliphatic rings. The Kier molecular flexibility index (Phi) is 6.23. The van der Waals surface area contributed by atoms with Gasteiger partial charge in [-0.05, 0) is 58.8 Å². The van der Waals surface area contributed by atoms with Gasteiger partial charge in [0.2, 0.25) is 0 Å². The van der Waals surface area contributed by atoms with Crippen LogP contribution in [0.25, 0.3) is 6.08 Å². The second-order valence-corrected chi connectivity index (χ2v) is 6.92. The normalized spacial score (nSPS) is 10.9. The Bertz CT molecular complexity index is 902. The molecule has 0 aliphatic carbocycles. The summed E-state index contributed by atoms with van der Waals surface area (Å²) in [5.41, 5.74) is 1.59. The van der Waals surface area contributed by atoms with E-state index in [4.69, 9.17) is 4.74 Å². The number of carbonyl (C=O) groups is 1. The van der Waals surface area contributed by atoms with E-state index in [0.29, 0.717) is 25.9 Å². The third kappa shape index (κ3) is 4.62. The number of nitrogens with one attached hydrogen (secondary N) is 1. The van der Waals surface area contributed by atoms with E-state index in [2.05, 4.69) is 37.2 Å². The van der Waals surface area contributed by atoms with Crippen molar-refractivity contribution in [3.05, 3.63) is 56.0 Å². The zero-order valence-corrected chi connectivity index (χ0v) is 16.6. The number of amides is 1. The van der Waals surface area contributed by atoms with E-state index >= 15 is 0 Å². The monoisotopic (exact) mass is 464 g/mol. The second-order valence-electron chi connectivity index (χ2n) is 5.15. The minimum Gasteiger partial charge on any atom is -0.506 e. The third-order valence-electron chi connectivity index (χ3n) is 3.33. The van der Waals surface area contributed by atoms with Crippen molar-refractivity contribution in [2.75, 3.05) is 12.4 Å². The summed E-state index contributed by atoms with van der Waals surface area (Å²) < 4.78 is 6.36. The van der Waals surface area contributed by atoms with Crippen molar-refractivity contribution >= 4 is 49.5 Å². The van der Waals surface area contributed by atoms with Crippen LogP contribution in [0.3, 0.4) is 0 Å². The van der Waals surface area contributed by atoms with Crippen LogP contribution in [0.15, 0.2) is 44.9 Å². The van der Waals surface area contributed by atoms with Crippen molar-refractivity contribution in [1.82, 2.24) is 0 Å². The fourth-order valence-electron chi connectivity index (χ4n) is 2.11. The molecule has 25 heavy (non-hydrogen) atoms. The van der Waals surface area contributed by atoms with Crippen LogP contribution >= 0.6 is 31.9 Å². The first-order chi connectivity index (χ1) is 11.8. The number of methoxy groups -OCH3 is 1. The molecular weight excluding hydrogens is 452 g/mol. The molecule has 5 nitrogen and oxygen atoms in total. The minimum absolute atomic E-state index is 0.0584. The quantitative estimate of drug-likeness (QED) is 0.502. The molecule has 0 radical (unpaired) electrons. The summed E-state index contributed by atoms with van der Waals surface area (Å²) in [6, 6.07) is 10.5.